The van der Waals surface area contributed by atoms with Crippen LogP contribution in [0, 0.1) is 6.92 Å². The molecule has 0 bridgehead atoms. The number of halogens is 3. The van der Waals surface area contributed by atoms with Gasteiger partial charge in [0.1, 0.15) is 5.75 Å². The second-order valence-electron chi connectivity index (χ2n) is 3.82. The highest BCUT2D eigenvalue weighted by molar-refractivity contribution is 9.10. The number of thiophene rings is 1. The molecule has 5 heteroatoms. The van der Waals surface area contributed by atoms with Crippen LogP contribution in [0.4, 0.5) is 0 Å². The molecule has 0 saturated heterocycles. The molecular formula is C13H11BrCl2OS. The van der Waals surface area contributed by atoms with Crippen LogP contribution in [0.15, 0.2) is 28.7 Å². The van der Waals surface area contributed by atoms with E-state index < -0.39 is 0 Å². The minimum atomic E-state index is -0.245. The molecule has 0 aliphatic heterocycles. The van der Waals surface area contributed by atoms with Gasteiger partial charge >= 0.3 is 0 Å². The van der Waals surface area contributed by atoms with Crippen molar-refractivity contribution in [1.29, 1.82) is 0 Å². The van der Waals surface area contributed by atoms with Gasteiger partial charge in [0.25, 0.3) is 0 Å². The lowest BCUT2D eigenvalue weighted by Crippen LogP contribution is -1.96. The summed E-state index contributed by atoms with van der Waals surface area (Å²) in [7, 11) is 1.62. The van der Waals surface area contributed by atoms with Crippen molar-refractivity contribution < 1.29 is 4.74 Å². The SMILES string of the molecule is COc1cc(Cl)ccc1C(Cl)c1sc(C)cc1Br. The number of aryl methyl sites for hydroxylation is 1. The topological polar surface area (TPSA) is 9.23 Å². The van der Waals surface area contributed by atoms with E-state index in [-0.39, 0.29) is 5.38 Å². The summed E-state index contributed by atoms with van der Waals surface area (Å²) in [5, 5.41) is 0.395. The van der Waals surface area contributed by atoms with E-state index in [0.717, 1.165) is 14.9 Å². The van der Waals surface area contributed by atoms with Crippen molar-refractivity contribution in [2.75, 3.05) is 7.11 Å². The van der Waals surface area contributed by atoms with Crippen molar-refractivity contribution in [3.05, 3.63) is 49.1 Å². The molecule has 1 aromatic carbocycles. The fourth-order valence-corrected chi connectivity index (χ4v) is 4.31. The van der Waals surface area contributed by atoms with Gasteiger partial charge in [-0.15, -0.1) is 22.9 Å². The number of benzene rings is 1. The fraction of sp³-hybridized carbons (Fsp3) is 0.231. The molecule has 1 aromatic heterocycles. The zero-order valence-corrected chi connectivity index (χ0v) is 13.8. The number of hydrogen-bond acceptors (Lipinski definition) is 2. The van der Waals surface area contributed by atoms with E-state index in [2.05, 4.69) is 28.9 Å². The molecule has 0 saturated carbocycles. The van der Waals surface area contributed by atoms with Crippen molar-refractivity contribution in [2.24, 2.45) is 0 Å². The Labute approximate surface area is 129 Å². The van der Waals surface area contributed by atoms with Crippen molar-refractivity contribution in [1.82, 2.24) is 0 Å². The minimum Gasteiger partial charge on any atom is -0.496 e. The van der Waals surface area contributed by atoms with Crippen LogP contribution < -0.4 is 4.74 Å². The van der Waals surface area contributed by atoms with E-state index in [1.807, 2.05) is 12.1 Å². The van der Waals surface area contributed by atoms with Gasteiger partial charge in [-0.3, -0.25) is 0 Å². The molecular weight excluding hydrogens is 355 g/mol. The van der Waals surface area contributed by atoms with E-state index in [0.29, 0.717) is 10.8 Å². The molecule has 0 amide bonds. The van der Waals surface area contributed by atoms with Crippen LogP contribution in [0.1, 0.15) is 20.7 Å². The molecule has 0 fully saturated rings. The summed E-state index contributed by atoms with van der Waals surface area (Å²) in [6.07, 6.45) is 0. The lowest BCUT2D eigenvalue weighted by atomic mass is 10.1. The van der Waals surface area contributed by atoms with Crippen LogP contribution in [-0.2, 0) is 0 Å². The van der Waals surface area contributed by atoms with Crippen LogP contribution in [-0.4, -0.2) is 7.11 Å². The smallest absolute Gasteiger partial charge is 0.125 e. The Morgan fingerprint density at radius 3 is 2.61 bits per heavy atom. The Bertz CT molecular complexity index is 568. The lowest BCUT2D eigenvalue weighted by molar-refractivity contribution is 0.410. The molecule has 0 spiro atoms. The van der Waals surface area contributed by atoms with Crippen LogP contribution in [0.5, 0.6) is 5.75 Å². The van der Waals surface area contributed by atoms with Crippen molar-refractivity contribution >= 4 is 50.5 Å². The van der Waals surface area contributed by atoms with Gasteiger partial charge in [-0.25, -0.2) is 0 Å². The lowest BCUT2D eigenvalue weighted by Gasteiger charge is -2.13. The third kappa shape index (κ3) is 2.85. The Morgan fingerprint density at radius 1 is 1.33 bits per heavy atom. The summed E-state index contributed by atoms with van der Waals surface area (Å²) < 4.78 is 6.37. The number of ether oxygens (including phenoxy) is 1. The number of hydrogen-bond donors (Lipinski definition) is 0. The number of rotatable bonds is 3. The molecule has 1 atom stereocenters. The van der Waals surface area contributed by atoms with Crippen LogP contribution in [0.25, 0.3) is 0 Å². The molecule has 0 aliphatic rings. The second-order valence-corrected chi connectivity index (χ2v) is 6.83. The van der Waals surface area contributed by atoms with E-state index in [1.54, 1.807) is 24.5 Å². The summed E-state index contributed by atoms with van der Waals surface area (Å²) in [5.41, 5.74) is 0.922. The highest BCUT2D eigenvalue weighted by atomic mass is 79.9. The predicted octanol–water partition coefficient (Wildman–Crippen LogP) is 5.81. The Balaban J connectivity index is 2.45. The van der Waals surface area contributed by atoms with Gasteiger partial charge in [0.05, 0.1) is 12.5 Å². The van der Waals surface area contributed by atoms with Gasteiger partial charge in [-0.1, -0.05) is 17.7 Å². The summed E-state index contributed by atoms with van der Waals surface area (Å²) in [6.45, 7) is 2.06. The highest BCUT2D eigenvalue weighted by Crippen LogP contribution is 2.42. The van der Waals surface area contributed by atoms with E-state index in [4.69, 9.17) is 27.9 Å². The largest absolute Gasteiger partial charge is 0.496 e. The fourth-order valence-electron chi connectivity index (χ4n) is 1.71. The molecule has 0 aliphatic carbocycles. The first-order valence-electron chi connectivity index (χ1n) is 5.26. The average molecular weight is 366 g/mol. The molecule has 96 valence electrons. The van der Waals surface area contributed by atoms with E-state index in [9.17, 15) is 0 Å². The third-order valence-electron chi connectivity index (χ3n) is 2.54. The van der Waals surface area contributed by atoms with Gasteiger partial charge in [-0.05, 0) is 41.1 Å². The number of alkyl halides is 1. The Hall–Kier alpha value is -0.220. The van der Waals surface area contributed by atoms with Gasteiger partial charge < -0.3 is 4.74 Å². The molecule has 2 aromatic rings. The molecule has 0 N–H and O–H groups in total. The maximum atomic E-state index is 6.54. The Kier molecular flexibility index (Phi) is 4.59. The van der Waals surface area contributed by atoms with Crippen LogP contribution in [0.3, 0.4) is 0 Å². The summed E-state index contributed by atoms with van der Waals surface area (Å²) >= 11 is 17.7. The standard InChI is InChI=1S/C13H11BrCl2OS/c1-7-5-10(14)13(18-7)12(16)9-4-3-8(15)6-11(9)17-2/h3-6,12H,1-2H3. The first-order valence-corrected chi connectivity index (χ1v) is 7.68. The normalized spacial score (nSPS) is 12.5. The van der Waals surface area contributed by atoms with Crippen LogP contribution >= 0.6 is 50.5 Å². The van der Waals surface area contributed by atoms with Gasteiger partial charge in [0.2, 0.25) is 0 Å². The second kappa shape index (κ2) is 5.83. The molecule has 1 nitrogen and oxygen atoms in total. The van der Waals surface area contributed by atoms with Crippen molar-refractivity contribution in [3.8, 4) is 5.75 Å². The number of methoxy groups -OCH3 is 1. The molecule has 2 rings (SSSR count). The van der Waals surface area contributed by atoms with E-state index in [1.165, 1.54) is 4.88 Å². The highest BCUT2D eigenvalue weighted by Gasteiger charge is 2.20. The van der Waals surface area contributed by atoms with Gasteiger partial charge in [0, 0.05) is 24.8 Å². The maximum Gasteiger partial charge on any atom is 0.125 e. The quantitative estimate of drug-likeness (QED) is 0.623. The zero-order valence-electron chi connectivity index (χ0n) is 9.84. The predicted molar refractivity (Wildman–Crippen MR) is 82.5 cm³/mol. The summed E-state index contributed by atoms with van der Waals surface area (Å²) in [5.74, 6) is 0.709. The summed E-state index contributed by atoms with van der Waals surface area (Å²) in [6, 6.07) is 7.57. The average Bonchev–Trinajstić information content (AvgIpc) is 2.67. The minimum absolute atomic E-state index is 0.245. The first-order chi connectivity index (χ1) is 8.52. The molecule has 1 heterocycles. The molecule has 1 unspecified atom stereocenters. The zero-order chi connectivity index (χ0) is 13.3. The first kappa shape index (κ1) is 14.2. The Morgan fingerprint density at radius 2 is 2.06 bits per heavy atom. The maximum absolute atomic E-state index is 6.54. The van der Waals surface area contributed by atoms with Gasteiger partial charge in [0.15, 0.2) is 0 Å². The third-order valence-corrected chi connectivity index (χ3v) is 5.39. The van der Waals surface area contributed by atoms with Crippen molar-refractivity contribution in [2.45, 2.75) is 12.3 Å². The van der Waals surface area contributed by atoms with Crippen molar-refractivity contribution in [3.63, 3.8) is 0 Å². The summed E-state index contributed by atoms with van der Waals surface area (Å²) in [4.78, 5) is 2.30. The van der Waals surface area contributed by atoms with Crippen LogP contribution in [0.2, 0.25) is 5.02 Å². The van der Waals surface area contributed by atoms with Gasteiger partial charge in [-0.2, -0.15) is 0 Å². The molecule has 18 heavy (non-hydrogen) atoms. The monoisotopic (exact) mass is 364 g/mol. The molecule has 0 radical (unpaired) electrons. The van der Waals surface area contributed by atoms with E-state index >= 15 is 0 Å².